The second-order valence-corrected chi connectivity index (χ2v) is 7.29. The number of ether oxygens (including phenoxy) is 1. The standard InChI is InChI=1S/C25H22F3N3O2/c1-4-33-23-10-8-22(9-11-23)31-16(2)12-18(17(31)3)13-19(15-29)24(32)30-21-7-5-6-20(14-21)25(26,27)28/h5-14H,4H2,1-3H3,(H,30,32)/b19-13-. The highest BCUT2D eigenvalue weighted by Crippen LogP contribution is 2.31. The van der Waals surface area contributed by atoms with Crippen LogP contribution in [-0.4, -0.2) is 17.1 Å². The van der Waals surface area contributed by atoms with E-state index in [0.717, 1.165) is 35.0 Å². The number of aryl methyl sites for hydroxylation is 1. The number of rotatable bonds is 6. The van der Waals surface area contributed by atoms with Crippen molar-refractivity contribution in [3.05, 3.63) is 82.7 Å². The number of anilines is 1. The van der Waals surface area contributed by atoms with E-state index in [2.05, 4.69) is 5.32 Å². The average molecular weight is 453 g/mol. The van der Waals surface area contributed by atoms with E-state index in [1.807, 2.05) is 61.7 Å². The van der Waals surface area contributed by atoms with Crippen LogP contribution < -0.4 is 10.1 Å². The van der Waals surface area contributed by atoms with Crippen molar-refractivity contribution >= 4 is 17.7 Å². The van der Waals surface area contributed by atoms with Crippen LogP contribution in [0.2, 0.25) is 0 Å². The number of halogens is 3. The first-order valence-electron chi connectivity index (χ1n) is 10.2. The first-order valence-corrected chi connectivity index (χ1v) is 10.2. The molecular formula is C25H22F3N3O2. The van der Waals surface area contributed by atoms with Crippen LogP contribution in [0.1, 0.15) is 29.4 Å². The molecule has 170 valence electrons. The lowest BCUT2D eigenvalue weighted by atomic mass is 10.1. The summed E-state index contributed by atoms with van der Waals surface area (Å²) in [6.45, 7) is 6.22. The van der Waals surface area contributed by atoms with Crippen molar-refractivity contribution in [2.75, 3.05) is 11.9 Å². The minimum absolute atomic E-state index is 0.0455. The van der Waals surface area contributed by atoms with Gasteiger partial charge >= 0.3 is 6.18 Å². The summed E-state index contributed by atoms with van der Waals surface area (Å²) in [5.74, 6) is -0.0374. The summed E-state index contributed by atoms with van der Waals surface area (Å²) in [7, 11) is 0. The number of benzene rings is 2. The van der Waals surface area contributed by atoms with Gasteiger partial charge in [0, 0.05) is 22.8 Å². The number of nitrogens with zero attached hydrogens (tertiary/aromatic N) is 2. The summed E-state index contributed by atoms with van der Waals surface area (Å²) in [5, 5.41) is 11.9. The van der Waals surface area contributed by atoms with Crippen LogP contribution in [0, 0.1) is 25.2 Å². The van der Waals surface area contributed by atoms with E-state index < -0.39 is 17.6 Å². The first kappa shape index (κ1) is 23.7. The molecule has 0 saturated carbocycles. The van der Waals surface area contributed by atoms with Gasteiger partial charge in [-0.15, -0.1) is 0 Å². The second kappa shape index (κ2) is 9.65. The van der Waals surface area contributed by atoms with Gasteiger partial charge in [-0.2, -0.15) is 18.4 Å². The fourth-order valence-electron chi connectivity index (χ4n) is 3.46. The predicted octanol–water partition coefficient (Wildman–Crippen LogP) is 6.06. The van der Waals surface area contributed by atoms with Crippen molar-refractivity contribution in [2.24, 2.45) is 0 Å². The van der Waals surface area contributed by atoms with E-state index in [4.69, 9.17) is 4.74 Å². The zero-order valence-corrected chi connectivity index (χ0v) is 18.3. The topological polar surface area (TPSA) is 67.0 Å². The number of hydrogen-bond donors (Lipinski definition) is 1. The Hall–Kier alpha value is -3.99. The number of hydrogen-bond acceptors (Lipinski definition) is 3. The smallest absolute Gasteiger partial charge is 0.416 e. The highest BCUT2D eigenvalue weighted by molar-refractivity contribution is 6.09. The highest BCUT2D eigenvalue weighted by atomic mass is 19.4. The fourth-order valence-corrected chi connectivity index (χ4v) is 3.46. The van der Waals surface area contributed by atoms with Gasteiger partial charge in [-0.1, -0.05) is 6.07 Å². The first-order chi connectivity index (χ1) is 15.6. The minimum atomic E-state index is -4.53. The summed E-state index contributed by atoms with van der Waals surface area (Å²) >= 11 is 0. The van der Waals surface area contributed by atoms with Crippen LogP contribution in [0.25, 0.3) is 11.8 Å². The van der Waals surface area contributed by atoms with Crippen molar-refractivity contribution in [1.82, 2.24) is 4.57 Å². The van der Waals surface area contributed by atoms with Gasteiger partial charge < -0.3 is 14.6 Å². The van der Waals surface area contributed by atoms with E-state index in [9.17, 15) is 23.2 Å². The Bertz CT molecular complexity index is 1230. The Morgan fingerprint density at radius 3 is 2.45 bits per heavy atom. The van der Waals surface area contributed by atoms with Crippen LogP contribution in [-0.2, 0) is 11.0 Å². The largest absolute Gasteiger partial charge is 0.494 e. The summed E-state index contributed by atoms with van der Waals surface area (Å²) in [6.07, 6.45) is -3.11. The zero-order chi connectivity index (χ0) is 24.2. The number of aromatic nitrogens is 1. The number of carbonyl (C=O) groups excluding carboxylic acids is 1. The molecule has 0 unspecified atom stereocenters. The van der Waals surface area contributed by atoms with E-state index in [0.29, 0.717) is 12.2 Å². The number of alkyl halides is 3. The molecule has 1 aromatic heterocycles. The SMILES string of the molecule is CCOc1ccc(-n2c(C)cc(/C=C(/C#N)C(=O)Nc3cccc(C(F)(F)F)c3)c2C)cc1. The number of nitrogens with one attached hydrogen (secondary N) is 1. The molecule has 3 aromatic rings. The van der Waals surface area contributed by atoms with Crippen LogP contribution >= 0.6 is 0 Å². The lowest BCUT2D eigenvalue weighted by Gasteiger charge is -2.11. The summed E-state index contributed by atoms with van der Waals surface area (Å²) < 4.78 is 46.2. The Labute approximate surface area is 189 Å². The monoisotopic (exact) mass is 453 g/mol. The molecule has 0 saturated heterocycles. The van der Waals surface area contributed by atoms with E-state index in [-0.39, 0.29) is 11.3 Å². The van der Waals surface area contributed by atoms with Gasteiger partial charge in [0.15, 0.2) is 0 Å². The van der Waals surface area contributed by atoms with Crippen molar-refractivity contribution in [2.45, 2.75) is 26.9 Å². The third kappa shape index (κ3) is 5.44. The molecule has 0 radical (unpaired) electrons. The molecule has 0 spiro atoms. The van der Waals surface area contributed by atoms with Crippen molar-refractivity contribution in [3.8, 4) is 17.5 Å². The number of carbonyl (C=O) groups is 1. The summed E-state index contributed by atoms with van der Waals surface area (Å²) in [6, 6.07) is 15.5. The molecule has 3 rings (SSSR count). The zero-order valence-electron chi connectivity index (χ0n) is 18.3. The summed E-state index contributed by atoms with van der Waals surface area (Å²) in [5.41, 5.74) is 2.07. The molecule has 8 heteroatoms. The maximum atomic E-state index is 12.9. The summed E-state index contributed by atoms with van der Waals surface area (Å²) in [4.78, 5) is 12.6. The van der Waals surface area contributed by atoms with Gasteiger partial charge in [0.2, 0.25) is 0 Å². The predicted molar refractivity (Wildman–Crippen MR) is 120 cm³/mol. The Morgan fingerprint density at radius 1 is 1.15 bits per heavy atom. The van der Waals surface area contributed by atoms with E-state index in [1.54, 1.807) is 0 Å². The van der Waals surface area contributed by atoms with Gasteiger partial charge in [-0.25, -0.2) is 0 Å². The molecule has 2 aromatic carbocycles. The van der Waals surface area contributed by atoms with Gasteiger partial charge in [0.25, 0.3) is 5.91 Å². The molecule has 5 nitrogen and oxygen atoms in total. The van der Waals surface area contributed by atoms with E-state index >= 15 is 0 Å². The molecule has 0 aliphatic rings. The van der Waals surface area contributed by atoms with Crippen LogP contribution in [0.3, 0.4) is 0 Å². The Kier molecular flexibility index (Phi) is 6.92. The molecule has 0 aliphatic heterocycles. The molecule has 0 aliphatic carbocycles. The van der Waals surface area contributed by atoms with Gasteiger partial charge in [-0.05, 0) is 80.9 Å². The second-order valence-electron chi connectivity index (χ2n) is 7.29. The van der Waals surface area contributed by atoms with E-state index in [1.165, 1.54) is 18.2 Å². The van der Waals surface area contributed by atoms with Crippen LogP contribution in [0.15, 0.2) is 60.2 Å². The molecule has 0 bridgehead atoms. The Balaban J connectivity index is 1.88. The van der Waals surface area contributed by atoms with Gasteiger partial charge in [0.1, 0.15) is 17.4 Å². The molecule has 1 amide bonds. The van der Waals surface area contributed by atoms with Crippen molar-refractivity contribution in [1.29, 1.82) is 5.26 Å². The lowest BCUT2D eigenvalue weighted by molar-refractivity contribution is -0.137. The minimum Gasteiger partial charge on any atom is -0.494 e. The Morgan fingerprint density at radius 2 is 1.85 bits per heavy atom. The highest BCUT2D eigenvalue weighted by Gasteiger charge is 2.30. The number of nitriles is 1. The van der Waals surface area contributed by atoms with Gasteiger partial charge in [-0.3, -0.25) is 4.79 Å². The van der Waals surface area contributed by atoms with Crippen molar-refractivity contribution in [3.63, 3.8) is 0 Å². The average Bonchev–Trinajstić information content (AvgIpc) is 3.05. The molecule has 1 heterocycles. The van der Waals surface area contributed by atoms with Crippen LogP contribution in [0.5, 0.6) is 5.75 Å². The third-order valence-electron chi connectivity index (χ3n) is 4.99. The third-order valence-corrected chi connectivity index (χ3v) is 4.99. The maximum absolute atomic E-state index is 12.9. The molecule has 33 heavy (non-hydrogen) atoms. The van der Waals surface area contributed by atoms with Crippen molar-refractivity contribution < 1.29 is 22.7 Å². The number of amides is 1. The molecule has 0 fully saturated rings. The molecule has 0 atom stereocenters. The molecular weight excluding hydrogens is 431 g/mol. The maximum Gasteiger partial charge on any atom is 0.416 e. The normalized spacial score (nSPS) is 11.7. The quantitative estimate of drug-likeness (QED) is 0.365. The molecule has 1 N–H and O–H groups in total. The fraction of sp³-hybridized carbons (Fsp3) is 0.200. The van der Waals surface area contributed by atoms with Gasteiger partial charge in [0.05, 0.1) is 12.2 Å². The van der Waals surface area contributed by atoms with Crippen LogP contribution in [0.4, 0.5) is 18.9 Å². The lowest BCUT2D eigenvalue weighted by Crippen LogP contribution is -2.14.